The quantitative estimate of drug-likeness (QED) is 0.396. The monoisotopic (exact) mass is 423 g/mol. The second kappa shape index (κ2) is 10.6. The predicted molar refractivity (Wildman–Crippen MR) is 106 cm³/mol. The van der Waals surface area contributed by atoms with Gasteiger partial charge in [-0.2, -0.15) is 0 Å². The normalized spacial score (nSPS) is 10.6. The molecule has 1 heterocycles. The number of carbonyl (C=O) groups excluding carboxylic acids is 3. The zero-order valence-corrected chi connectivity index (χ0v) is 16.9. The minimum Gasteiger partial charge on any atom is -0.460 e. The van der Waals surface area contributed by atoms with Crippen LogP contribution in [0.3, 0.4) is 0 Å². The van der Waals surface area contributed by atoms with Crippen molar-refractivity contribution < 1.29 is 28.2 Å². The number of anilines is 1. The Morgan fingerprint density at radius 3 is 2.59 bits per heavy atom. The standard InChI is InChI=1S/C19H22FN3O5S/c1-11-15(19(26)28-8-7-27-2)18(29-16(11)17(21)25)23-14(24)10-22-9-12-5-3-4-6-13(12)20/h3-6,22H,7-10H2,1-2H3,(H2,21,25)(H,23,24). The molecule has 29 heavy (non-hydrogen) atoms. The smallest absolute Gasteiger partial charge is 0.341 e. The molecule has 2 aromatic rings. The third kappa shape index (κ3) is 6.08. The second-order valence-electron chi connectivity index (χ2n) is 6.00. The second-order valence-corrected chi connectivity index (χ2v) is 7.02. The van der Waals surface area contributed by atoms with Crippen LogP contribution in [0.5, 0.6) is 0 Å². The molecule has 0 spiro atoms. The number of benzene rings is 1. The predicted octanol–water partition coefficient (Wildman–Crippen LogP) is 1.83. The van der Waals surface area contributed by atoms with Crippen molar-refractivity contribution in [3.63, 3.8) is 0 Å². The van der Waals surface area contributed by atoms with Crippen LogP contribution >= 0.6 is 11.3 Å². The van der Waals surface area contributed by atoms with Crippen molar-refractivity contribution in [3.05, 3.63) is 51.7 Å². The van der Waals surface area contributed by atoms with E-state index in [-0.39, 0.29) is 47.6 Å². The molecule has 10 heteroatoms. The van der Waals surface area contributed by atoms with E-state index in [4.69, 9.17) is 15.2 Å². The minimum atomic E-state index is -0.711. The van der Waals surface area contributed by atoms with Crippen molar-refractivity contribution in [2.75, 3.05) is 32.2 Å². The lowest BCUT2D eigenvalue weighted by Gasteiger charge is -2.09. The number of thiophene rings is 1. The van der Waals surface area contributed by atoms with Crippen LogP contribution < -0.4 is 16.4 Å². The number of hydrogen-bond donors (Lipinski definition) is 3. The van der Waals surface area contributed by atoms with Crippen molar-refractivity contribution in [2.45, 2.75) is 13.5 Å². The minimum absolute atomic E-state index is 0.0219. The summed E-state index contributed by atoms with van der Waals surface area (Å²) in [7, 11) is 1.47. The molecule has 8 nitrogen and oxygen atoms in total. The molecule has 1 aromatic carbocycles. The van der Waals surface area contributed by atoms with Crippen LogP contribution in [-0.2, 0) is 20.8 Å². The Hall–Kier alpha value is -2.82. The van der Waals surface area contributed by atoms with Gasteiger partial charge in [0.15, 0.2) is 0 Å². The fourth-order valence-electron chi connectivity index (χ4n) is 2.50. The summed E-state index contributed by atoms with van der Waals surface area (Å²) in [6.45, 7) is 1.81. The largest absolute Gasteiger partial charge is 0.460 e. The van der Waals surface area contributed by atoms with Gasteiger partial charge >= 0.3 is 5.97 Å². The molecule has 4 N–H and O–H groups in total. The summed E-state index contributed by atoms with van der Waals surface area (Å²) < 4.78 is 23.5. The number of halogens is 1. The van der Waals surface area contributed by atoms with Gasteiger partial charge in [0.05, 0.1) is 23.6 Å². The number of rotatable bonds is 10. The SMILES string of the molecule is COCCOC(=O)c1c(NC(=O)CNCc2ccccc2F)sc(C(N)=O)c1C. The van der Waals surface area contributed by atoms with Crippen molar-refractivity contribution in [2.24, 2.45) is 5.73 Å². The van der Waals surface area contributed by atoms with E-state index in [2.05, 4.69) is 10.6 Å². The van der Waals surface area contributed by atoms with E-state index in [1.54, 1.807) is 25.1 Å². The molecule has 0 unspecified atom stereocenters. The molecule has 0 aliphatic rings. The Balaban J connectivity index is 2.06. The molecule has 1 aromatic heterocycles. The first-order valence-corrected chi connectivity index (χ1v) is 9.50. The van der Waals surface area contributed by atoms with E-state index in [1.807, 2.05) is 0 Å². The highest BCUT2D eigenvalue weighted by molar-refractivity contribution is 7.18. The van der Waals surface area contributed by atoms with Gasteiger partial charge in [0.25, 0.3) is 5.91 Å². The molecule has 0 bridgehead atoms. The maximum Gasteiger partial charge on any atom is 0.341 e. The van der Waals surface area contributed by atoms with Crippen LogP contribution in [0.2, 0.25) is 0 Å². The maximum atomic E-state index is 13.6. The number of ether oxygens (including phenoxy) is 2. The van der Waals surface area contributed by atoms with Crippen molar-refractivity contribution >= 4 is 34.1 Å². The van der Waals surface area contributed by atoms with Gasteiger partial charge in [0.2, 0.25) is 5.91 Å². The maximum absolute atomic E-state index is 13.6. The number of esters is 1. The van der Waals surface area contributed by atoms with Gasteiger partial charge in [-0.25, -0.2) is 9.18 Å². The Kier molecular flexibility index (Phi) is 8.25. The van der Waals surface area contributed by atoms with Crippen LogP contribution in [0.4, 0.5) is 9.39 Å². The lowest BCUT2D eigenvalue weighted by molar-refractivity contribution is -0.115. The third-order valence-corrected chi connectivity index (χ3v) is 5.13. The summed E-state index contributed by atoms with van der Waals surface area (Å²) in [6, 6.07) is 6.21. The molecular weight excluding hydrogens is 401 g/mol. The summed E-state index contributed by atoms with van der Waals surface area (Å²) in [4.78, 5) is 36.4. The van der Waals surface area contributed by atoms with Crippen molar-refractivity contribution in [3.8, 4) is 0 Å². The molecule has 2 rings (SSSR count). The summed E-state index contributed by atoms with van der Waals surface area (Å²) in [5, 5.41) is 5.57. The van der Waals surface area contributed by atoms with Crippen LogP contribution in [0.25, 0.3) is 0 Å². The van der Waals surface area contributed by atoms with Gasteiger partial charge in [0, 0.05) is 19.2 Å². The molecule has 0 radical (unpaired) electrons. The average molecular weight is 423 g/mol. The first-order valence-electron chi connectivity index (χ1n) is 8.68. The highest BCUT2D eigenvalue weighted by atomic mass is 32.1. The zero-order valence-electron chi connectivity index (χ0n) is 16.0. The fourth-order valence-corrected chi connectivity index (χ4v) is 3.56. The number of nitrogens with two attached hydrogens (primary N) is 1. The lowest BCUT2D eigenvalue weighted by atomic mass is 10.1. The highest BCUT2D eigenvalue weighted by Crippen LogP contribution is 2.33. The number of hydrogen-bond acceptors (Lipinski definition) is 7. The van der Waals surface area contributed by atoms with E-state index in [0.29, 0.717) is 11.1 Å². The van der Waals surface area contributed by atoms with E-state index >= 15 is 0 Å². The molecule has 0 fully saturated rings. The molecule has 0 aliphatic heterocycles. The Labute approximate surface area is 171 Å². The number of methoxy groups -OCH3 is 1. The Morgan fingerprint density at radius 2 is 1.93 bits per heavy atom. The van der Waals surface area contributed by atoms with Gasteiger partial charge in [0.1, 0.15) is 17.4 Å². The molecule has 0 saturated heterocycles. The van der Waals surface area contributed by atoms with Crippen molar-refractivity contribution in [1.82, 2.24) is 5.32 Å². The number of nitrogens with one attached hydrogen (secondary N) is 2. The zero-order chi connectivity index (χ0) is 21.4. The van der Waals surface area contributed by atoms with E-state index in [9.17, 15) is 18.8 Å². The summed E-state index contributed by atoms with van der Waals surface area (Å²) in [6.07, 6.45) is 0. The first kappa shape index (κ1) is 22.5. The summed E-state index contributed by atoms with van der Waals surface area (Å²) in [5.74, 6) is -2.25. The Bertz CT molecular complexity index is 900. The molecular formula is C19H22FN3O5S. The Morgan fingerprint density at radius 1 is 1.21 bits per heavy atom. The van der Waals surface area contributed by atoms with Crippen LogP contribution in [0, 0.1) is 12.7 Å². The molecule has 0 saturated carbocycles. The summed E-state index contributed by atoms with van der Waals surface area (Å²) in [5.41, 5.74) is 6.17. The van der Waals surface area contributed by atoms with Gasteiger partial charge < -0.3 is 25.8 Å². The number of primary amides is 1. The van der Waals surface area contributed by atoms with E-state index in [1.165, 1.54) is 13.2 Å². The van der Waals surface area contributed by atoms with Gasteiger partial charge in [-0.15, -0.1) is 11.3 Å². The van der Waals surface area contributed by atoms with Gasteiger partial charge in [-0.3, -0.25) is 9.59 Å². The van der Waals surface area contributed by atoms with Crippen LogP contribution in [0.1, 0.15) is 31.2 Å². The molecule has 0 atom stereocenters. The van der Waals surface area contributed by atoms with Crippen LogP contribution in [-0.4, -0.2) is 44.7 Å². The van der Waals surface area contributed by atoms with Crippen molar-refractivity contribution in [1.29, 1.82) is 0 Å². The van der Waals surface area contributed by atoms with Gasteiger partial charge in [-0.05, 0) is 18.6 Å². The van der Waals surface area contributed by atoms with Crippen LogP contribution in [0.15, 0.2) is 24.3 Å². The summed E-state index contributed by atoms with van der Waals surface area (Å²) >= 11 is 0.896. The molecule has 2 amide bonds. The third-order valence-electron chi connectivity index (χ3n) is 3.91. The number of carbonyl (C=O) groups is 3. The number of amides is 2. The fraction of sp³-hybridized carbons (Fsp3) is 0.316. The first-order chi connectivity index (χ1) is 13.8. The topological polar surface area (TPSA) is 120 Å². The molecule has 0 aliphatic carbocycles. The average Bonchev–Trinajstić information content (AvgIpc) is 2.99. The lowest BCUT2D eigenvalue weighted by Crippen LogP contribution is -2.28. The molecule has 156 valence electrons. The van der Waals surface area contributed by atoms with E-state index in [0.717, 1.165) is 11.3 Å². The van der Waals surface area contributed by atoms with Gasteiger partial charge in [-0.1, -0.05) is 18.2 Å². The highest BCUT2D eigenvalue weighted by Gasteiger charge is 2.25. The van der Waals surface area contributed by atoms with E-state index < -0.39 is 17.8 Å².